The number of pyridine rings is 8. The summed E-state index contributed by atoms with van der Waals surface area (Å²) >= 11 is 0. The van der Waals surface area contributed by atoms with Crippen molar-refractivity contribution in [2.75, 3.05) is 74.4 Å². The largest absolute Gasteiger partial charge is 0.322 e. The number of rotatable bonds is 28. The molecule has 14 amide bonds. The molecule has 132 heavy (non-hydrogen) atoms. The Balaban J connectivity index is 0.752. The molecule has 8 heterocycles. The summed E-state index contributed by atoms with van der Waals surface area (Å²) in [5, 5.41) is 38.6. The molecule has 15 rings (SSSR count). The molecule has 7 aromatic carbocycles. The Kier molecular flexibility index (Phi) is 26.9. The standard InChI is InChI=1S/C96H68N22O14/c119-83(55-4-20-97-21-5-55)107-71-40-65(41-72(49-71)108-84(120)56-6-22-98-23-7-56)93(129)115-79-36-63(37-80(53-79)116-94(130)66-42-73(109-85(121)57-8-24-99-25-9-57)50-74(43-66)110-86(122)58-10-26-100-27-11-58)91(127)105-69-2-1-3-70(48-69)106-92(128)64-38-81(117-95(131)67-44-75(111-87(123)59-12-28-101-29-13-59)51-76(45-67)112-88(124)60-14-30-102-31-15-60)54-82(39-64)118-96(132)68-46-77(113-89(125)61-16-32-103-33-17-61)52-78(47-68)114-90(126)62-18-34-104-35-19-62/h1-54H,(H,105,127)(H,106,128)(H,107,119)(H,108,120)(H,109,121)(H,110,122)(H,111,123)(H,112,124)(H,113,125)(H,114,126)(H,115,129)(H,116,130)(H,117,131)(H,118,132). The molecule has 0 unspecified atom stereocenters. The van der Waals surface area contributed by atoms with Gasteiger partial charge < -0.3 is 74.4 Å². The van der Waals surface area contributed by atoms with E-state index in [-0.39, 0.29) is 158 Å². The van der Waals surface area contributed by atoms with Crippen molar-refractivity contribution in [2.24, 2.45) is 0 Å². The van der Waals surface area contributed by atoms with Crippen LogP contribution in [0.25, 0.3) is 0 Å². The first-order valence-electron chi connectivity index (χ1n) is 39.7. The van der Waals surface area contributed by atoms with E-state index in [0.717, 1.165) is 0 Å². The third-order valence-electron chi connectivity index (χ3n) is 19.2. The van der Waals surface area contributed by atoms with Gasteiger partial charge in [-0.3, -0.25) is 107 Å². The van der Waals surface area contributed by atoms with Crippen LogP contribution < -0.4 is 74.4 Å². The lowest BCUT2D eigenvalue weighted by Gasteiger charge is -2.16. The van der Waals surface area contributed by atoms with Crippen LogP contribution >= 0.6 is 0 Å². The zero-order valence-corrected chi connectivity index (χ0v) is 68.5. The molecular weight excluding hydrogens is 1690 g/mol. The molecule has 8 aromatic heterocycles. The minimum Gasteiger partial charge on any atom is -0.322 e. The van der Waals surface area contributed by atoms with Crippen LogP contribution in [0.1, 0.15) is 145 Å². The maximum atomic E-state index is 15.0. The lowest BCUT2D eigenvalue weighted by molar-refractivity contribution is 0.101. The van der Waals surface area contributed by atoms with Crippen LogP contribution in [0.3, 0.4) is 0 Å². The quantitative estimate of drug-likeness (QED) is 0.0217. The van der Waals surface area contributed by atoms with Gasteiger partial charge in [0, 0.05) is 257 Å². The van der Waals surface area contributed by atoms with Crippen LogP contribution in [0.2, 0.25) is 0 Å². The Morgan fingerprint density at radius 3 is 0.341 bits per heavy atom. The Hall–Kier alpha value is -19.7. The summed E-state index contributed by atoms with van der Waals surface area (Å²) in [6.45, 7) is 0. The third kappa shape index (κ3) is 23.2. The fourth-order valence-corrected chi connectivity index (χ4v) is 13.0. The summed E-state index contributed by atoms with van der Waals surface area (Å²) < 4.78 is 0. The van der Waals surface area contributed by atoms with Gasteiger partial charge in [0.25, 0.3) is 82.7 Å². The van der Waals surface area contributed by atoms with Gasteiger partial charge in [0.15, 0.2) is 0 Å². The van der Waals surface area contributed by atoms with Crippen LogP contribution in [0.15, 0.2) is 330 Å². The first-order chi connectivity index (χ1) is 64.0. The second-order valence-electron chi connectivity index (χ2n) is 28.6. The number of nitrogens with zero attached hydrogens (tertiary/aromatic N) is 8. The number of nitrogens with one attached hydrogen (secondary N) is 14. The number of anilines is 14. The number of carbonyl (C=O) groups is 14. The molecule has 0 aliphatic carbocycles. The van der Waals surface area contributed by atoms with Gasteiger partial charge in [0.1, 0.15) is 0 Å². The van der Waals surface area contributed by atoms with Gasteiger partial charge in [-0.2, -0.15) is 0 Å². The van der Waals surface area contributed by atoms with E-state index < -0.39 is 82.7 Å². The highest BCUT2D eigenvalue weighted by Crippen LogP contribution is 2.32. The summed E-state index contributed by atoms with van der Waals surface area (Å²) in [4.78, 5) is 230. The minimum absolute atomic E-state index is 0.0387. The molecule has 36 heteroatoms. The van der Waals surface area contributed by atoms with Crippen molar-refractivity contribution in [3.8, 4) is 0 Å². The van der Waals surface area contributed by atoms with Gasteiger partial charge in [-0.15, -0.1) is 0 Å². The molecule has 0 saturated heterocycles. The molecule has 0 radical (unpaired) electrons. The van der Waals surface area contributed by atoms with Crippen molar-refractivity contribution < 1.29 is 67.1 Å². The molecule has 36 nitrogen and oxygen atoms in total. The Bertz CT molecular complexity index is 5950. The molecule has 0 spiro atoms. The highest BCUT2D eigenvalue weighted by molar-refractivity contribution is 6.18. The van der Waals surface area contributed by atoms with Crippen molar-refractivity contribution in [3.63, 3.8) is 0 Å². The van der Waals surface area contributed by atoms with Crippen LogP contribution in [0.5, 0.6) is 0 Å². The lowest BCUT2D eigenvalue weighted by Crippen LogP contribution is -2.19. The van der Waals surface area contributed by atoms with Gasteiger partial charge in [0.05, 0.1) is 0 Å². The van der Waals surface area contributed by atoms with Crippen LogP contribution in [0.4, 0.5) is 79.6 Å². The smallest absolute Gasteiger partial charge is 0.255 e. The van der Waals surface area contributed by atoms with Gasteiger partial charge in [-0.05, 0) is 224 Å². The summed E-state index contributed by atoms with van der Waals surface area (Å²) in [6.07, 6.45) is 22.5. The fourth-order valence-electron chi connectivity index (χ4n) is 13.0. The summed E-state index contributed by atoms with van der Waals surface area (Å²) in [5.41, 5.74) is 0.577. The average Bonchev–Trinajstić information content (AvgIpc) is 0.838. The SMILES string of the molecule is O=C(Nc1cc(NC(=O)c2ccncc2)cc(C(=O)Nc2cc(NC(=O)c3cc(NC(=O)c4ccncc4)cc(NC(=O)c4ccncc4)c3)cc(C(=O)Nc3cccc(NC(=O)c4cc(NC(=O)c5cc(NC(=O)c6ccncc6)cc(NC(=O)c6ccncc6)c5)cc(NC(=O)c5cc(NC(=O)c6ccncc6)cc(NC(=O)c6ccncc6)c5)c4)c3)c2)c1)c1ccncc1. The fraction of sp³-hybridized carbons (Fsp3) is 0. The highest BCUT2D eigenvalue weighted by Gasteiger charge is 2.25. The molecule has 0 atom stereocenters. The topological polar surface area (TPSA) is 511 Å². The summed E-state index contributed by atoms with van der Waals surface area (Å²) in [6, 6.07) is 53.1. The predicted octanol–water partition coefficient (Wildman–Crippen LogP) is 14.4. The van der Waals surface area contributed by atoms with E-state index in [1.807, 2.05) is 0 Å². The van der Waals surface area contributed by atoms with Gasteiger partial charge in [-0.1, -0.05) is 6.07 Å². The van der Waals surface area contributed by atoms with E-state index in [0.29, 0.717) is 0 Å². The summed E-state index contributed by atoms with van der Waals surface area (Å²) in [7, 11) is 0. The molecule has 14 N–H and O–H groups in total. The van der Waals surface area contributed by atoms with Crippen molar-refractivity contribution in [3.05, 3.63) is 408 Å². The third-order valence-corrected chi connectivity index (χ3v) is 19.2. The van der Waals surface area contributed by atoms with Crippen LogP contribution in [-0.4, -0.2) is 123 Å². The highest BCUT2D eigenvalue weighted by atomic mass is 16.2. The molecule has 0 aliphatic rings. The number of aromatic nitrogens is 8. The zero-order chi connectivity index (χ0) is 92.0. The van der Waals surface area contributed by atoms with Crippen molar-refractivity contribution in [2.45, 2.75) is 0 Å². The number of carbonyl (C=O) groups excluding carboxylic acids is 14. The number of benzene rings is 7. The van der Waals surface area contributed by atoms with E-state index in [1.165, 1.54) is 330 Å². The summed E-state index contributed by atoms with van der Waals surface area (Å²) in [5.74, 6) is -10.1. The van der Waals surface area contributed by atoms with Crippen molar-refractivity contribution in [1.29, 1.82) is 0 Å². The molecule has 0 bridgehead atoms. The normalized spacial score (nSPS) is 10.5. The molecule has 0 aliphatic heterocycles. The first-order valence-corrected chi connectivity index (χ1v) is 39.7. The van der Waals surface area contributed by atoms with Crippen LogP contribution in [0, 0.1) is 0 Å². The van der Waals surface area contributed by atoms with E-state index >= 15 is 9.59 Å². The minimum atomic E-state index is -0.882. The van der Waals surface area contributed by atoms with E-state index in [1.54, 1.807) is 0 Å². The lowest BCUT2D eigenvalue weighted by atomic mass is 10.1. The molecule has 15 aromatic rings. The second kappa shape index (κ2) is 40.8. The predicted molar refractivity (Wildman–Crippen MR) is 490 cm³/mol. The van der Waals surface area contributed by atoms with Crippen LogP contribution in [-0.2, 0) is 0 Å². The number of hydrogen-bond acceptors (Lipinski definition) is 22. The maximum Gasteiger partial charge on any atom is 0.255 e. The molecular formula is C96H68N22O14. The Morgan fingerprint density at radius 2 is 0.220 bits per heavy atom. The second-order valence-corrected chi connectivity index (χ2v) is 28.6. The number of hydrogen-bond donors (Lipinski definition) is 14. The molecule has 0 saturated carbocycles. The Morgan fingerprint density at radius 1 is 0.121 bits per heavy atom. The number of amides is 14. The van der Waals surface area contributed by atoms with E-state index in [9.17, 15) is 57.5 Å². The average molecular weight is 1750 g/mol. The van der Waals surface area contributed by atoms with E-state index in [4.69, 9.17) is 0 Å². The van der Waals surface area contributed by atoms with Gasteiger partial charge in [0.2, 0.25) is 0 Å². The van der Waals surface area contributed by atoms with Crippen molar-refractivity contribution >= 4 is 162 Å². The van der Waals surface area contributed by atoms with Gasteiger partial charge in [-0.25, -0.2) is 0 Å². The molecule has 0 fully saturated rings. The monoisotopic (exact) mass is 1750 g/mol. The first kappa shape index (κ1) is 87.2. The molecule has 646 valence electrons. The van der Waals surface area contributed by atoms with Crippen molar-refractivity contribution in [1.82, 2.24) is 39.9 Å². The zero-order valence-electron chi connectivity index (χ0n) is 68.5. The van der Waals surface area contributed by atoms with E-state index in [2.05, 4.69) is 114 Å². The maximum absolute atomic E-state index is 15.0. The van der Waals surface area contributed by atoms with Gasteiger partial charge >= 0.3 is 0 Å². The Labute approximate surface area is 747 Å².